The summed E-state index contributed by atoms with van der Waals surface area (Å²) in [6, 6.07) is 5.35. The molecule has 21 heavy (non-hydrogen) atoms. The van der Waals surface area contributed by atoms with Gasteiger partial charge in [-0.1, -0.05) is 17.7 Å². The summed E-state index contributed by atoms with van der Waals surface area (Å²) in [6.07, 6.45) is 0.382. The zero-order chi connectivity index (χ0) is 15.2. The molecule has 1 heterocycles. The number of carbonyl (C=O) groups is 2. The molecule has 1 aromatic carbocycles. The molecule has 0 unspecified atom stereocenters. The second-order valence-electron chi connectivity index (χ2n) is 5.01. The fraction of sp³-hybridized carbons (Fsp3) is 0.467. The molecule has 1 saturated heterocycles. The first-order valence-electron chi connectivity index (χ1n) is 6.98. The highest BCUT2D eigenvalue weighted by molar-refractivity contribution is 6.31. The van der Waals surface area contributed by atoms with Gasteiger partial charge in [-0.15, -0.1) is 0 Å². The Hall–Kier alpha value is -1.59. The van der Waals surface area contributed by atoms with Crippen molar-refractivity contribution in [2.24, 2.45) is 0 Å². The molecule has 1 aromatic rings. The molecule has 114 valence electrons. The van der Waals surface area contributed by atoms with Crippen molar-refractivity contribution in [3.63, 3.8) is 0 Å². The van der Waals surface area contributed by atoms with Gasteiger partial charge in [0.05, 0.1) is 13.2 Å². The fourth-order valence-corrected chi connectivity index (χ4v) is 2.27. The number of aryl methyl sites for hydroxylation is 1. The van der Waals surface area contributed by atoms with Gasteiger partial charge in [0, 0.05) is 36.6 Å². The summed E-state index contributed by atoms with van der Waals surface area (Å²) in [6.45, 7) is 4.25. The fourth-order valence-electron chi connectivity index (χ4n) is 2.09. The van der Waals surface area contributed by atoms with Crippen molar-refractivity contribution in [1.29, 1.82) is 0 Å². The molecule has 0 atom stereocenters. The lowest BCUT2D eigenvalue weighted by molar-refractivity contribution is -0.136. The first-order chi connectivity index (χ1) is 10.1. The third-order valence-electron chi connectivity index (χ3n) is 3.39. The Morgan fingerprint density at radius 2 is 2.00 bits per heavy atom. The molecular weight excluding hydrogens is 292 g/mol. The zero-order valence-corrected chi connectivity index (χ0v) is 12.8. The molecule has 1 fully saturated rings. The van der Waals surface area contributed by atoms with E-state index in [9.17, 15) is 9.59 Å². The monoisotopic (exact) mass is 310 g/mol. The standard InChI is InChI=1S/C15H19ClN2O3/c1-11-2-3-12(10-13(11)16)17-14(19)4-5-15(20)18-6-8-21-9-7-18/h2-3,10H,4-9H2,1H3,(H,17,19). The quantitative estimate of drug-likeness (QED) is 0.927. The number of carbonyl (C=O) groups excluding carboxylic acids is 2. The molecule has 2 amide bonds. The molecule has 0 spiro atoms. The minimum Gasteiger partial charge on any atom is -0.378 e. The average molecular weight is 311 g/mol. The van der Waals surface area contributed by atoms with Crippen molar-refractivity contribution >= 4 is 29.1 Å². The highest BCUT2D eigenvalue weighted by Gasteiger charge is 2.17. The number of anilines is 1. The number of nitrogens with one attached hydrogen (secondary N) is 1. The predicted molar refractivity (Wildman–Crippen MR) is 81.5 cm³/mol. The van der Waals surface area contributed by atoms with Gasteiger partial charge in [-0.3, -0.25) is 9.59 Å². The largest absolute Gasteiger partial charge is 0.378 e. The van der Waals surface area contributed by atoms with Crippen LogP contribution >= 0.6 is 11.6 Å². The molecule has 1 N–H and O–H groups in total. The molecule has 0 saturated carbocycles. The number of ether oxygens (including phenoxy) is 1. The highest BCUT2D eigenvalue weighted by Crippen LogP contribution is 2.20. The van der Waals surface area contributed by atoms with Crippen LogP contribution in [0.5, 0.6) is 0 Å². The van der Waals surface area contributed by atoms with E-state index in [-0.39, 0.29) is 24.7 Å². The molecule has 1 aliphatic rings. The Morgan fingerprint density at radius 1 is 1.29 bits per heavy atom. The second-order valence-corrected chi connectivity index (χ2v) is 5.41. The maximum absolute atomic E-state index is 11.9. The molecule has 6 heteroatoms. The number of morpholine rings is 1. The molecule has 0 aromatic heterocycles. The van der Waals surface area contributed by atoms with Gasteiger partial charge in [0.1, 0.15) is 0 Å². The van der Waals surface area contributed by atoms with E-state index in [1.165, 1.54) is 0 Å². The second kappa shape index (κ2) is 7.43. The van der Waals surface area contributed by atoms with E-state index in [2.05, 4.69) is 5.32 Å². The van der Waals surface area contributed by atoms with E-state index in [0.717, 1.165) is 5.56 Å². The topological polar surface area (TPSA) is 58.6 Å². The molecule has 5 nitrogen and oxygen atoms in total. The summed E-state index contributed by atoms with van der Waals surface area (Å²) >= 11 is 6.00. The lowest BCUT2D eigenvalue weighted by Crippen LogP contribution is -2.40. The van der Waals surface area contributed by atoms with Crippen LogP contribution in [0.2, 0.25) is 5.02 Å². The van der Waals surface area contributed by atoms with Crippen molar-refractivity contribution in [3.05, 3.63) is 28.8 Å². The smallest absolute Gasteiger partial charge is 0.224 e. The van der Waals surface area contributed by atoms with Crippen LogP contribution in [0.4, 0.5) is 5.69 Å². The van der Waals surface area contributed by atoms with Gasteiger partial charge in [-0.25, -0.2) is 0 Å². The van der Waals surface area contributed by atoms with E-state index in [1.54, 1.807) is 17.0 Å². The minimum atomic E-state index is -0.184. The number of hydrogen-bond donors (Lipinski definition) is 1. The Balaban J connectivity index is 1.78. The third kappa shape index (κ3) is 4.72. The molecule has 0 bridgehead atoms. The van der Waals surface area contributed by atoms with Crippen molar-refractivity contribution in [3.8, 4) is 0 Å². The summed E-state index contributed by atoms with van der Waals surface area (Å²) in [4.78, 5) is 25.5. The number of halogens is 1. The van der Waals surface area contributed by atoms with Gasteiger partial charge >= 0.3 is 0 Å². The molecule has 0 aliphatic carbocycles. The summed E-state index contributed by atoms with van der Waals surface area (Å²) in [7, 11) is 0. The molecular formula is C15H19ClN2O3. The number of benzene rings is 1. The zero-order valence-electron chi connectivity index (χ0n) is 12.0. The van der Waals surface area contributed by atoms with Gasteiger partial charge in [0.25, 0.3) is 0 Å². The van der Waals surface area contributed by atoms with Crippen LogP contribution in [0.25, 0.3) is 0 Å². The van der Waals surface area contributed by atoms with Crippen LogP contribution in [0.15, 0.2) is 18.2 Å². The first-order valence-corrected chi connectivity index (χ1v) is 7.35. The predicted octanol–water partition coefficient (Wildman–Crippen LogP) is 2.23. The van der Waals surface area contributed by atoms with Crippen molar-refractivity contribution in [2.45, 2.75) is 19.8 Å². The summed E-state index contributed by atoms with van der Waals surface area (Å²) in [5.41, 5.74) is 1.60. The van der Waals surface area contributed by atoms with Gasteiger partial charge in [0.2, 0.25) is 11.8 Å². The normalized spacial score (nSPS) is 14.9. The van der Waals surface area contributed by atoms with E-state index >= 15 is 0 Å². The summed E-state index contributed by atoms with van der Waals surface area (Å²) < 4.78 is 5.19. The van der Waals surface area contributed by atoms with Crippen LogP contribution in [0, 0.1) is 6.92 Å². The first kappa shape index (κ1) is 15.8. The van der Waals surface area contributed by atoms with Crippen LogP contribution in [0.1, 0.15) is 18.4 Å². The summed E-state index contributed by atoms with van der Waals surface area (Å²) in [5, 5.41) is 3.36. The van der Waals surface area contributed by atoms with Crippen molar-refractivity contribution < 1.29 is 14.3 Å². The SMILES string of the molecule is Cc1ccc(NC(=O)CCC(=O)N2CCOCC2)cc1Cl. The third-order valence-corrected chi connectivity index (χ3v) is 3.79. The Kier molecular flexibility index (Phi) is 5.59. The molecule has 2 rings (SSSR count). The minimum absolute atomic E-state index is 0.00427. The van der Waals surface area contributed by atoms with E-state index < -0.39 is 0 Å². The van der Waals surface area contributed by atoms with Crippen LogP contribution < -0.4 is 5.32 Å². The van der Waals surface area contributed by atoms with Crippen molar-refractivity contribution in [2.75, 3.05) is 31.6 Å². The number of hydrogen-bond acceptors (Lipinski definition) is 3. The average Bonchev–Trinajstić information content (AvgIpc) is 2.49. The number of amides is 2. The lowest BCUT2D eigenvalue weighted by Gasteiger charge is -2.26. The van der Waals surface area contributed by atoms with E-state index in [4.69, 9.17) is 16.3 Å². The van der Waals surface area contributed by atoms with E-state index in [0.29, 0.717) is 37.0 Å². The van der Waals surface area contributed by atoms with Gasteiger partial charge in [0.15, 0.2) is 0 Å². The molecule has 1 aliphatic heterocycles. The van der Waals surface area contributed by atoms with E-state index in [1.807, 2.05) is 13.0 Å². The lowest BCUT2D eigenvalue weighted by atomic mass is 10.2. The van der Waals surface area contributed by atoms with Crippen LogP contribution in [-0.4, -0.2) is 43.0 Å². The maximum atomic E-state index is 11.9. The van der Waals surface area contributed by atoms with Gasteiger partial charge in [-0.05, 0) is 24.6 Å². The maximum Gasteiger partial charge on any atom is 0.224 e. The molecule has 0 radical (unpaired) electrons. The Labute approximate surface area is 129 Å². The Bertz CT molecular complexity index is 528. The van der Waals surface area contributed by atoms with Crippen LogP contribution in [0.3, 0.4) is 0 Å². The summed E-state index contributed by atoms with van der Waals surface area (Å²) in [5.74, 6) is -0.188. The number of nitrogens with zero attached hydrogens (tertiary/aromatic N) is 1. The number of rotatable bonds is 4. The van der Waals surface area contributed by atoms with Gasteiger partial charge < -0.3 is 15.0 Å². The van der Waals surface area contributed by atoms with Crippen LogP contribution in [-0.2, 0) is 14.3 Å². The van der Waals surface area contributed by atoms with Gasteiger partial charge in [-0.2, -0.15) is 0 Å². The Morgan fingerprint density at radius 3 is 2.67 bits per heavy atom. The highest BCUT2D eigenvalue weighted by atomic mass is 35.5. The van der Waals surface area contributed by atoms with Crippen molar-refractivity contribution in [1.82, 2.24) is 4.90 Å².